The van der Waals surface area contributed by atoms with Crippen LogP contribution in [0.3, 0.4) is 0 Å². The zero-order valence-corrected chi connectivity index (χ0v) is 30.3. The molecule has 9 rings (SSSR count). The Balaban J connectivity index is 1.12. The van der Waals surface area contributed by atoms with Gasteiger partial charge >= 0.3 is 0 Å². The fourth-order valence-corrected chi connectivity index (χ4v) is 14.7. The molecule has 3 aliphatic heterocycles. The highest BCUT2D eigenvalue weighted by Crippen LogP contribution is 2.46. The first-order valence-electron chi connectivity index (χ1n) is 18.5. The maximum atomic E-state index is 11.3. The number of anilines is 1. The Hall–Kier alpha value is -4.68. The highest BCUT2D eigenvalue weighted by atomic mass is 28.3. The first kappa shape index (κ1) is 31.3. The van der Waals surface area contributed by atoms with Crippen LogP contribution in [0.5, 0.6) is 5.75 Å². The van der Waals surface area contributed by atoms with Crippen LogP contribution in [0.2, 0.25) is 0 Å². The van der Waals surface area contributed by atoms with Gasteiger partial charge in [0.05, 0.1) is 48.7 Å². The Kier molecular flexibility index (Phi) is 7.68. The van der Waals surface area contributed by atoms with Crippen molar-refractivity contribution in [1.29, 1.82) is 0 Å². The molecule has 0 amide bonds. The first-order valence-corrected chi connectivity index (χ1v) is 21.4. The van der Waals surface area contributed by atoms with Crippen molar-refractivity contribution in [2.24, 2.45) is 0 Å². The second-order valence-corrected chi connectivity index (χ2v) is 20.2. The molecule has 5 nitrogen and oxygen atoms in total. The van der Waals surface area contributed by atoms with Gasteiger partial charge in [-0.3, -0.25) is 4.98 Å². The third kappa shape index (κ3) is 5.45. The zero-order valence-electron chi connectivity index (χ0n) is 29.3. The molecule has 1 fully saturated rings. The summed E-state index contributed by atoms with van der Waals surface area (Å²) in [7, 11) is -1.63. The summed E-state index contributed by atoms with van der Waals surface area (Å²) in [6.45, 7) is 5.25. The topological polar surface area (TPSA) is 52.5 Å². The number of aromatic nitrogens is 2. The van der Waals surface area contributed by atoms with Crippen molar-refractivity contribution in [3.8, 4) is 17.1 Å². The fraction of sp³-hybridized carbons (Fsp3) is 0.318. The van der Waals surface area contributed by atoms with Gasteiger partial charge in [-0.15, -0.1) is 0 Å². The summed E-state index contributed by atoms with van der Waals surface area (Å²) in [5.74, 6) is 0.893. The minimum atomic E-state index is -1.63. The van der Waals surface area contributed by atoms with Crippen LogP contribution in [0.4, 0.5) is 5.69 Å². The smallest absolute Gasteiger partial charge is 0.139 e. The van der Waals surface area contributed by atoms with Crippen molar-refractivity contribution in [2.45, 2.75) is 81.6 Å². The number of nitrogens with zero attached hydrogens (tertiary/aromatic N) is 4. The lowest BCUT2D eigenvalue weighted by Crippen LogP contribution is -2.42. The Labute approximate surface area is 297 Å². The van der Waals surface area contributed by atoms with Crippen LogP contribution in [-0.2, 0) is 29.7 Å². The SMILES string of the molecule is CC(C)(c1cc2c(c(-c3ccccn3)n1)C[Si]1(Cc3ccccc3C1)C2)N1CN(c2cc(C3CCCCC3)ccc2O)C=C1c1ccccc1. The molecule has 0 atom stereocenters. The van der Waals surface area contributed by atoms with E-state index in [1.807, 2.05) is 18.3 Å². The molecule has 0 saturated heterocycles. The van der Waals surface area contributed by atoms with E-state index in [0.29, 0.717) is 18.3 Å². The highest BCUT2D eigenvalue weighted by molar-refractivity contribution is 6.79. The largest absolute Gasteiger partial charge is 0.506 e. The zero-order chi connectivity index (χ0) is 33.9. The van der Waals surface area contributed by atoms with Gasteiger partial charge in [0.25, 0.3) is 0 Å². The van der Waals surface area contributed by atoms with Crippen LogP contribution in [-0.4, -0.2) is 34.7 Å². The van der Waals surface area contributed by atoms with Crippen LogP contribution < -0.4 is 4.90 Å². The van der Waals surface area contributed by atoms with Crippen molar-refractivity contribution in [3.05, 3.63) is 149 Å². The molecule has 5 aromatic rings. The molecular weight excluding hydrogens is 629 g/mol. The Morgan fingerprint density at radius 3 is 2.22 bits per heavy atom. The third-order valence-electron chi connectivity index (χ3n) is 12.1. The number of phenolic OH excluding ortho intramolecular Hbond substituents is 1. The van der Waals surface area contributed by atoms with E-state index < -0.39 is 13.6 Å². The summed E-state index contributed by atoms with van der Waals surface area (Å²) < 4.78 is 0. The van der Waals surface area contributed by atoms with Crippen LogP contribution >= 0.6 is 0 Å². The molecule has 1 saturated carbocycles. The Morgan fingerprint density at radius 1 is 0.760 bits per heavy atom. The first-order chi connectivity index (χ1) is 24.4. The van der Waals surface area contributed by atoms with Gasteiger partial charge in [0.15, 0.2) is 0 Å². The third-order valence-corrected chi connectivity index (χ3v) is 16.6. The maximum Gasteiger partial charge on any atom is 0.139 e. The maximum absolute atomic E-state index is 11.3. The summed E-state index contributed by atoms with van der Waals surface area (Å²) in [6.07, 6.45) is 10.5. The standard InChI is InChI=1S/C44H46N4OSi/c1-44(2,42-24-36-28-50(26-34-17-9-10-18-35(34)27-50)29-37(36)43(46-42)38-19-11-12-22-45-38)48-30-47(25-40(48)32-15-7-4-8-16-32)39-23-33(20-21-41(39)49)31-13-5-3-6-14-31/h4,7-12,15-25,31,49H,3,5-6,13-14,26-30H2,1-2H3. The quantitative estimate of drug-likeness (QED) is 0.182. The van der Waals surface area contributed by atoms with Crippen LogP contribution in [0.1, 0.15) is 90.9 Å². The van der Waals surface area contributed by atoms with E-state index in [-0.39, 0.29) is 0 Å². The lowest BCUT2D eigenvalue weighted by Gasteiger charge is -2.39. The van der Waals surface area contributed by atoms with Gasteiger partial charge in [0.1, 0.15) is 5.75 Å². The molecular formula is C44H46N4OSi. The molecule has 0 unspecified atom stereocenters. The normalized spacial score (nSPS) is 18.4. The summed E-state index contributed by atoms with van der Waals surface area (Å²) in [5.41, 5.74) is 13.2. The Morgan fingerprint density at radius 2 is 1.48 bits per heavy atom. The van der Waals surface area contributed by atoms with Crippen LogP contribution in [0.25, 0.3) is 17.1 Å². The predicted octanol–water partition coefficient (Wildman–Crippen LogP) is 9.41. The minimum absolute atomic E-state index is 0.328. The molecule has 0 bridgehead atoms. The van der Waals surface area contributed by atoms with E-state index in [2.05, 4.69) is 115 Å². The summed E-state index contributed by atoms with van der Waals surface area (Å²) in [5, 5.41) is 11.3. The molecule has 4 aliphatic rings. The van der Waals surface area contributed by atoms with Crippen molar-refractivity contribution >= 4 is 19.5 Å². The van der Waals surface area contributed by atoms with Gasteiger partial charge < -0.3 is 14.9 Å². The predicted molar refractivity (Wildman–Crippen MR) is 205 cm³/mol. The average molecular weight is 675 g/mol. The van der Waals surface area contributed by atoms with Crippen LogP contribution in [0.15, 0.2) is 109 Å². The van der Waals surface area contributed by atoms with Gasteiger partial charge in [0, 0.05) is 12.4 Å². The Bertz CT molecular complexity index is 2060. The van der Waals surface area contributed by atoms with Crippen molar-refractivity contribution < 1.29 is 5.11 Å². The van der Waals surface area contributed by atoms with Gasteiger partial charge in [-0.25, -0.2) is 4.98 Å². The molecule has 6 heteroatoms. The molecule has 0 radical (unpaired) electrons. The monoisotopic (exact) mass is 674 g/mol. The molecule has 1 spiro atoms. The van der Waals surface area contributed by atoms with E-state index in [9.17, 15) is 5.11 Å². The van der Waals surface area contributed by atoms with Crippen LogP contribution in [0, 0.1) is 0 Å². The average Bonchev–Trinajstić information content (AvgIpc) is 3.86. The van der Waals surface area contributed by atoms with Gasteiger partial charge in [-0.05, 0) is 120 Å². The second-order valence-electron chi connectivity index (χ2n) is 15.7. The van der Waals surface area contributed by atoms with E-state index >= 15 is 0 Å². The molecule has 1 N–H and O–H groups in total. The van der Waals surface area contributed by atoms with Gasteiger partial charge in [0.2, 0.25) is 0 Å². The molecule has 252 valence electrons. The van der Waals surface area contributed by atoms with E-state index in [1.54, 1.807) is 11.1 Å². The van der Waals surface area contributed by atoms with Crippen molar-refractivity contribution in [2.75, 3.05) is 11.6 Å². The molecule has 2 aromatic heterocycles. The molecule has 5 heterocycles. The highest BCUT2D eigenvalue weighted by Gasteiger charge is 2.46. The number of hydrogen-bond donors (Lipinski definition) is 1. The number of phenols is 1. The number of hydrogen-bond acceptors (Lipinski definition) is 5. The summed E-state index contributed by atoms with van der Waals surface area (Å²) in [6, 6.07) is 39.6. The second kappa shape index (κ2) is 12.3. The van der Waals surface area contributed by atoms with E-state index in [1.165, 1.54) is 73.0 Å². The molecule has 3 aromatic carbocycles. The number of benzene rings is 3. The van der Waals surface area contributed by atoms with E-state index in [0.717, 1.165) is 34.0 Å². The number of pyridine rings is 2. The number of rotatable bonds is 6. The fourth-order valence-electron chi connectivity index (χ4n) is 9.42. The number of aromatic hydroxyl groups is 1. The minimum Gasteiger partial charge on any atom is -0.506 e. The van der Waals surface area contributed by atoms with Gasteiger partial charge in [-0.2, -0.15) is 0 Å². The van der Waals surface area contributed by atoms with Crippen molar-refractivity contribution in [1.82, 2.24) is 14.9 Å². The number of fused-ring (bicyclic) bond motifs is 2. The lowest BCUT2D eigenvalue weighted by atomic mass is 9.84. The lowest BCUT2D eigenvalue weighted by molar-refractivity contribution is 0.210. The van der Waals surface area contributed by atoms with Crippen molar-refractivity contribution in [3.63, 3.8) is 0 Å². The van der Waals surface area contributed by atoms with E-state index in [4.69, 9.17) is 9.97 Å². The summed E-state index contributed by atoms with van der Waals surface area (Å²) in [4.78, 5) is 15.2. The molecule has 1 aliphatic carbocycles. The summed E-state index contributed by atoms with van der Waals surface area (Å²) >= 11 is 0. The van der Waals surface area contributed by atoms with Gasteiger partial charge in [-0.1, -0.05) is 86.0 Å². The molecule has 50 heavy (non-hydrogen) atoms.